The number of nitrogens with zero attached hydrogens (tertiary/aromatic N) is 1. The second-order valence-corrected chi connectivity index (χ2v) is 2.77. The van der Waals surface area contributed by atoms with Crippen LogP contribution in [-0.2, 0) is 26.5 Å². The molecule has 0 aliphatic rings. The Bertz CT molecular complexity index is 357. The molecule has 15 heavy (non-hydrogen) atoms. The Labute approximate surface area is 102 Å². The van der Waals surface area contributed by atoms with E-state index in [-0.39, 0.29) is 33.3 Å². The number of amides is 1. The molecule has 0 heterocycles. The average molecular weight is 246 g/mol. The number of hydrogen-bond acceptors (Lipinski definition) is 1. The maximum Gasteiger partial charge on any atom is 0.213 e. The number of carbonyl (C=O) groups excluding carboxylic acids is 1. The minimum Gasteiger partial charge on any atom is -0.364 e. The van der Waals surface area contributed by atoms with Gasteiger partial charge in [-0.2, -0.15) is 0 Å². The molecule has 2 nitrogen and oxygen atoms in total. The quantitative estimate of drug-likeness (QED) is 0.578. The van der Waals surface area contributed by atoms with Gasteiger partial charge in [-0.05, 0) is 12.6 Å². The molecule has 1 rings (SSSR count). The number of hydrogen-bond donors (Lipinski definition) is 0. The second-order valence-electron chi connectivity index (χ2n) is 2.77. The minimum atomic E-state index is -0.845. The van der Waals surface area contributed by atoms with Crippen molar-refractivity contribution in [1.29, 1.82) is 0 Å². The summed E-state index contributed by atoms with van der Waals surface area (Å²) in [4.78, 5) is 12.3. The summed E-state index contributed by atoms with van der Waals surface area (Å²) in [5, 5.41) is 0. The van der Waals surface area contributed by atoms with Crippen LogP contribution in [0.4, 0.5) is 14.5 Å². The van der Waals surface area contributed by atoms with Gasteiger partial charge in [-0.25, -0.2) is 8.78 Å². The molecule has 0 aliphatic heterocycles. The summed E-state index contributed by atoms with van der Waals surface area (Å²) in [7, 11) is 0. The molecule has 1 amide bonds. The summed E-state index contributed by atoms with van der Waals surface area (Å²) in [5.74, 6) is -1.90. The molecule has 0 atom stereocenters. The first-order valence-electron chi connectivity index (χ1n) is 4.21. The summed E-state index contributed by atoms with van der Waals surface area (Å²) in [6.45, 7) is 3.38. The molecule has 0 fully saturated rings. The first-order chi connectivity index (χ1) is 6.56. The standard InChI is InChI=1S/C10H10F2NO.Ti/c1-3-13(7(2)14)10-5-4-8(11)6-9(10)12;/h4-5H,3H2,1-2H3;/q-1;. The number of halogens is 2. The molecule has 5 heteroatoms. The number of benzene rings is 1. The van der Waals surface area contributed by atoms with Gasteiger partial charge in [0.1, 0.15) is 0 Å². The molecule has 0 aromatic heterocycles. The van der Waals surface area contributed by atoms with Crippen molar-refractivity contribution in [1.82, 2.24) is 0 Å². The zero-order valence-corrected chi connectivity index (χ0v) is 10.0. The Morgan fingerprint density at radius 1 is 1.47 bits per heavy atom. The Morgan fingerprint density at radius 2 is 2.07 bits per heavy atom. The Balaban J connectivity index is 0.00000196. The van der Waals surface area contributed by atoms with Crippen molar-refractivity contribution < 1.29 is 35.3 Å². The minimum absolute atomic E-state index is 0. The van der Waals surface area contributed by atoms with Crippen molar-refractivity contribution in [2.45, 2.75) is 13.8 Å². The molecule has 0 bridgehead atoms. The van der Waals surface area contributed by atoms with E-state index in [4.69, 9.17) is 0 Å². The van der Waals surface area contributed by atoms with Crippen LogP contribution in [-0.4, -0.2) is 12.5 Å². The van der Waals surface area contributed by atoms with E-state index < -0.39 is 11.6 Å². The van der Waals surface area contributed by atoms with Gasteiger partial charge in [0.2, 0.25) is 5.91 Å². The predicted molar refractivity (Wildman–Crippen MR) is 48.9 cm³/mol. The van der Waals surface area contributed by atoms with Gasteiger partial charge < -0.3 is 4.90 Å². The van der Waals surface area contributed by atoms with Gasteiger partial charge in [-0.1, -0.05) is 0 Å². The third-order valence-electron chi connectivity index (χ3n) is 1.83. The zero-order valence-electron chi connectivity index (χ0n) is 8.47. The first-order valence-corrected chi connectivity index (χ1v) is 4.21. The van der Waals surface area contributed by atoms with Crippen LogP contribution in [0.3, 0.4) is 0 Å². The molecule has 0 unspecified atom stereocenters. The number of carbonyl (C=O) groups is 1. The summed E-state index contributed by atoms with van der Waals surface area (Å²) in [6, 6.07) is 4.18. The SMILES string of the molecule is CCN(C(C)=O)c1ccc(F)[c-]c1F.[Ti]. The van der Waals surface area contributed by atoms with E-state index in [0.717, 1.165) is 6.07 Å². The molecule has 0 saturated carbocycles. The van der Waals surface area contributed by atoms with E-state index in [9.17, 15) is 13.6 Å². The molecule has 0 saturated heterocycles. The van der Waals surface area contributed by atoms with Gasteiger partial charge in [0.25, 0.3) is 0 Å². The Morgan fingerprint density at radius 3 is 2.47 bits per heavy atom. The summed E-state index contributed by atoms with van der Waals surface area (Å²) < 4.78 is 25.7. The van der Waals surface area contributed by atoms with Crippen molar-refractivity contribution in [3.63, 3.8) is 0 Å². The van der Waals surface area contributed by atoms with Crippen LogP contribution in [0.15, 0.2) is 12.1 Å². The molecule has 0 spiro atoms. The summed E-state index contributed by atoms with van der Waals surface area (Å²) >= 11 is 0. The molecule has 0 radical (unpaired) electrons. The van der Waals surface area contributed by atoms with Crippen molar-refractivity contribution >= 4 is 11.6 Å². The van der Waals surface area contributed by atoms with E-state index in [2.05, 4.69) is 0 Å². The number of anilines is 1. The van der Waals surface area contributed by atoms with E-state index in [1.165, 1.54) is 17.9 Å². The van der Waals surface area contributed by atoms with Crippen LogP contribution < -0.4 is 4.90 Å². The summed E-state index contributed by atoms with van der Waals surface area (Å²) in [5.41, 5.74) is 0.0569. The van der Waals surface area contributed by atoms with E-state index in [1.807, 2.05) is 6.07 Å². The smallest absolute Gasteiger partial charge is 0.213 e. The molecule has 0 aliphatic carbocycles. The Kier molecular flexibility index (Phi) is 5.69. The fraction of sp³-hybridized carbons (Fsp3) is 0.300. The van der Waals surface area contributed by atoms with Gasteiger partial charge in [0.05, 0.1) is 0 Å². The maximum absolute atomic E-state index is 13.2. The topological polar surface area (TPSA) is 20.3 Å². The second kappa shape index (κ2) is 5.98. The van der Waals surface area contributed by atoms with Crippen LogP contribution in [0.5, 0.6) is 0 Å². The fourth-order valence-corrected chi connectivity index (χ4v) is 1.21. The third-order valence-corrected chi connectivity index (χ3v) is 1.83. The molecule has 0 N–H and O–H groups in total. The van der Waals surface area contributed by atoms with Gasteiger partial charge in [-0.3, -0.25) is 4.79 Å². The van der Waals surface area contributed by atoms with Crippen LogP contribution in [0, 0.1) is 17.7 Å². The maximum atomic E-state index is 13.2. The number of rotatable bonds is 2. The van der Waals surface area contributed by atoms with Crippen LogP contribution in [0.2, 0.25) is 0 Å². The van der Waals surface area contributed by atoms with Crippen LogP contribution >= 0.6 is 0 Å². The fourth-order valence-electron chi connectivity index (χ4n) is 1.21. The van der Waals surface area contributed by atoms with Gasteiger partial charge in [-0.15, -0.1) is 18.2 Å². The molecule has 1 aromatic rings. The van der Waals surface area contributed by atoms with Crippen LogP contribution in [0.1, 0.15) is 13.8 Å². The van der Waals surface area contributed by atoms with Crippen molar-refractivity contribution in [2.24, 2.45) is 0 Å². The third kappa shape index (κ3) is 3.40. The van der Waals surface area contributed by atoms with Crippen molar-refractivity contribution in [2.75, 3.05) is 11.4 Å². The van der Waals surface area contributed by atoms with Crippen molar-refractivity contribution in [3.05, 3.63) is 29.8 Å². The normalized spacial score (nSPS) is 9.33. The van der Waals surface area contributed by atoms with Gasteiger partial charge in [0, 0.05) is 46.8 Å². The van der Waals surface area contributed by atoms with Crippen molar-refractivity contribution in [3.8, 4) is 0 Å². The van der Waals surface area contributed by atoms with Gasteiger partial charge in [0.15, 0.2) is 0 Å². The zero-order chi connectivity index (χ0) is 10.7. The molecular weight excluding hydrogens is 236 g/mol. The predicted octanol–water partition coefficient (Wildman–Crippen LogP) is 2.14. The monoisotopic (exact) mass is 246 g/mol. The van der Waals surface area contributed by atoms with E-state index >= 15 is 0 Å². The van der Waals surface area contributed by atoms with E-state index in [0.29, 0.717) is 6.54 Å². The first kappa shape index (κ1) is 14.3. The molecule has 80 valence electrons. The van der Waals surface area contributed by atoms with Crippen LogP contribution in [0.25, 0.3) is 0 Å². The Hall–Kier alpha value is -0.736. The van der Waals surface area contributed by atoms with Gasteiger partial charge >= 0.3 is 0 Å². The molecule has 1 aromatic carbocycles. The average Bonchev–Trinajstić information content (AvgIpc) is 2.09. The van der Waals surface area contributed by atoms with E-state index in [1.54, 1.807) is 6.92 Å². The largest absolute Gasteiger partial charge is 0.364 e. The molecular formula is C10H10F2NOTi-. The summed E-state index contributed by atoms with van der Waals surface area (Å²) in [6.07, 6.45) is 0.